The van der Waals surface area contributed by atoms with Crippen LogP contribution in [0.5, 0.6) is 5.75 Å². The quantitative estimate of drug-likeness (QED) is 0.799. The molecule has 1 aromatic rings. The van der Waals surface area contributed by atoms with E-state index in [1.54, 1.807) is 6.07 Å². The number of carbonyl (C=O) groups excluding carboxylic acids is 1. The van der Waals surface area contributed by atoms with Crippen molar-refractivity contribution in [2.45, 2.75) is 25.8 Å². The maximum absolute atomic E-state index is 12.3. The van der Waals surface area contributed by atoms with Gasteiger partial charge in [-0.25, -0.2) is 9.18 Å². The summed E-state index contributed by atoms with van der Waals surface area (Å²) in [6, 6.07) is 5.73. The number of aliphatic carboxylic acids is 1. The molecule has 0 bridgehead atoms. The minimum absolute atomic E-state index is 0.329. The van der Waals surface area contributed by atoms with Crippen LogP contribution < -0.4 is 10.1 Å². The number of nitrogens with one attached hydrogen (secondary N) is 1. The first-order valence-electron chi connectivity index (χ1n) is 6.25. The van der Waals surface area contributed by atoms with Gasteiger partial charge < -0.3 is 15.2 Å². The van der Waals surface area contributed by atoms with Gasteiger partial charge in [0.25, 0.3) is 5.91 Å². The summed E-state index contributed by atoms with van der Waals surface area (Å²) in [7, 11) is 0. The van der Waals surface area contributed by atoms with Crippen LogP contribution in [0.3, 0.4) is 0 Å². The summed E-state index contributed by atoms with van der Waals surface area (Å²) in [4.78, 5) is 22.0. The monoisotopic (exact) mass is 283 g/mol. The topological polar surface area (TPSA) is 75.6 Å². The maximum atomic E-state index is 12.3. The minimum Gasteiger partial charge on any atom is -0.484 e. The van der Waals surface area contributed by atoms with E-state index in [-0.39, 0.29) is 6.61 Å². The van der Waals surface area contributed by atoms with Crippen molar-refractivity contribution in [3.8, 4) is 5.75 Å². The number of halogens is 1. The molecule has 5 nitrogen and oxygen atoms in total. The van der Waals surface area contributed by atoms with Crippen LogP contribution in [0.15, 0.2) is 24.3 Å². The largest absolute Gasteiger partial charge is 0.484 e. The lowest BCUT2D eigenvalue weighted by Gasteiger charge is -2.12. The van der Waals surface area contributed by atoms with Gasteiger partial charge in [-0.2, -0.15) is 0 Å². The highest BCUT2D eigenvalue weighted by Crippen LogP contribution is 2.19. The first-order chi connectivity index (χ1) is 9.43. The zero-order valence-electron chi connectivity index (χ0n) is 11.4. The van der Waals surface area contributed by atoms with Crippen LogP contribution >= 0.6 is 0 Å². The Balaban J connectivity index is 2.52. The Labute approximate surface area is 116 Å². The van der Waals surface area contributed by atoms with Crippen molar-refractivity contribution in [2.24, 2.45) is 0 Å². The van der Waals surface area contributed by atoms with Crippen LogP contribution in [0.2, 0.25) is 0 Å². The molecular weight excluding hydrogens is 265 g/mol. The molecule has 6 heteroatoms. The van der Waals surface area contributed by atoms with Crippen molar-refractivity contribution in [2.75, 3.05) is 13.3 Å². The van der Waals surface area contributed by atoms with Gasteiger partial charge in [0, 0.05) is 0 Å². The number of benzene rings is 1. The number of alkyl halides is 1. The van der Waals surface area contributed by atoms with Gasteiger partial charge in [0.05, 0.1) is 0 Å². The third kappa shape index (κ3) is 4.87. The van der Waals surface area contributed by atoms with Gasteiger partial charge in [0.15, 0.2) is 12.6 Å². The number of amides is 1. The highest BCUT2D eigenvalue weighted by molar-refractivity contribution is 5.84. The fourth-order valence-electron chi connectivity index (χ4n) is 1.51. The molecule has 0 aliphatic rings. The third-order valence-electron chi connectivity index (χ3n) is 2.68. The Morgan fingerprint density at radius 1 is 1.40 bits per heavy atom. The van der Waals surface area contributed by atoms with E-state index in [2.05, 4.69) is 0 Å². The first-order valence-corrected chi connectivity index (χ1v) is 6.25. The van der Waals surface area contributed by atoms with Gasteiger partial charge in [-0.1, -0.05) is 26.0 Å². The molecule has 20 heavy (non-hydrogen) atoms. The summed E-state index contributed by atoms with van der Waals surface area (Å²) < 4.78 is 17.6. The molecule has 0 aliphatic carbocycles. The second kappa shape index (κ2) is 7.47. The van der Waals surface area contributed by atoms with Crippen molar-refractivity contribution < 1.29 is 23.8 Å². The van der Waals surface area contributed by atoms with Crippen LogP contribution in [-0.4, -0.2) is 36.3 Å². The summed E-state index contributed by atoms with van der Waals surface area (Å²) in [5, 5.41) is 10.6. The average Bonchev–Trinajstić information content (AvgIpc) is 2.42. The third-order valence-corrected chi connectivity index (χ3v) is 2.68. The number of carboxylic acid groups (broad SMARTS) is 1. The van der Waals surface area contributed by atoms with E-state index < -0.39 is 24.6 Å². The van der Waals surface area contributed by atoms with Gasteiger partial charge in [0.2, 0.25) is 0 Å². The Morgan fingerprint density at radius 2 is 2.10 bits per heavy atom. The molecule has 0 radical (unpaired) electrons. The highest BCUT2D eigenvalue weighted by Gasteiger charge is 2.19. The van der Waals surface area contributed by atoms with E-state index in [1.165, 1.54) is 0 Å². The van der Waals surface area contributed by atoms with E-state index in [0.717, 1.165) is 5.56 Å². The van der Waals surface area contributed by atoms with Gasteiger partial charge in [0.1, 0.15) is 12.4 Å². The number of rotatable bonds is 7. The lowest BCUT2D eigenvalue weighted by molar-refractivity contribution is -0.142. The molecule has 110 valence electrons. The summed E-state index contributed by atoms with van der Waals surface area (Å²) in [6.07, 6.45) is 0. The summed E-state index contributed by atoms with van der Waals surface area (Å²) in [6.45, 7) is 2.55. The second-order valence-electron chi connectivity index (χ2n) is 4.63. The summed E-state index contributed by atoms with van der Waals surface area (Å²) >= 11 is 0. The Hall–Kier alpha value is -2.11. The van der Waals surface area contributed by atoms with Gasteiger partial charge in [-0.05, 0) is 23.6 Å². The van der Waals surface area contributed by atoms with Gasteiger partial charge in [-0.3, -0.25) is 4.79 Å². The molecule has 2 N–H and O–H groups in total. The zero-order chi connectivity index (χ0) is 15.1. The number of carbonyl (C=O) groups is 2. The molecule has 0 saturated carbocycles. The van der Waals surface area contributed by atoms with Crippen molar-refractivity contribution in [3.63, 3.8) is 0 Å². The van der Waals surface area contributed by atoms with Crippen molar-refractivity contribution in [3.05, 3.63) is 29.8 Å². The van der Waals surface area contributed by atoms with Crippen molar-refractivity contribution in [1.82, 2.24) is 5.32 Å². The average molecular weight is 283 g/mol. The molecule has 0 aliphatic heterocycles. The molecule has 0 heterocycles. The molecule has 1 atom stereocenters. The molecule has 1 unspecified atom stereocenters. The highest BCUT2D eigenvalue weighted by atomic mass is 19.1. The van der Waals surface area contributed by atoms with Gasteiger partial charge >= 0.3 is 5.97 Å². The van der Waals surface area contributed by atoms with Crippen LogP contribution in [0, 0.1) is 0 Å². The van der Waals surface area contributed by atoms with Crippen LogP contribution in [-0.2, 0) is 9.59 Å². The molecule has 0 aromatic heterocycles. The Morgan fingerprint density at radius 3 is 2.65 bits per heavy atom. The van der Waals surface area contributed by atoms with Crippen molar-refractivity contribution >= 4 is 11.9 Å². The predicted octanol–water partition coefficient (Wildman–Crippen LogP) is 1.73. The molecule has 1 amide bonds. The number of ether oxygens (including phenoxy) is 1. The van der Waals surface area contributed by atoms with E-state index in [9.17, 15) is 14.0 Å². The molecule has 0 fully saturated rings. The Bertz CT molecular complexity index is 476. The van der Waals surface area contributed by atoms with Crippen LogP contribution in [0.25, 0.3) is 0 Å². The van der Waals surface area contributed by atoms with E-state index in [0.29, 0.717) is 11.7 Å². The standard InChI is InChI=1S/C14H18FNO4/c1-9(2)10-4-3-5-11(6-10)20-8-13(17)16-12(7-15)14(18)19/h3-6,9,12H,7-8H2,1-2H3,(H,16,17)(H,18,19). The van der Waals surface area contributed by atoms with Gasteiger partial charge in [-0.15, -0.1) is 0 Å². The summed E-state index contributed by atoms with van der Waals surface area (Å²) in [5.41, 5.74) is 1.06. The fourth-order valence-corrected chi connectivity index (χ4v) is 1.51. The molecule has 1 rings (SSSR count). The minimum atomic E-state index is -1.53. The van der Waals surface area contributed by atoms with Crippen LogP contribution in [0.1, 0.15) is 25.3 Å². The molecular formula is C14H18FNO4. The molecule has 0 saturated heterocycles. The maximum Gasteiger partial charge on any atom is 0.328 e. The first kappa shape index (κ1) is 15.9. The van der Waals surface area contributed by atoms with Crippen molar-refractivity contribution in [1.29, 1.82) is 0 Å². The zero-order valence-corrected chi connectivity index (χ0v) is 11.4. The number of carboxylic acids is 1. The second-order valence-corrected chi connectivity index (χ2v) is 4.63. The predicted molar refractivity (Wildman–Crippen MR) is 71.6 cm³/mol. The number of hydrogen-bond acceptors (Lipinski definition) is 3. The Kier molecular flexibility index (Phi) is 5.96. The number of hydrogen-bond donors (Lipinski definition) is 2. The summed E-state index contributed by atoms with van der Waals surface area (Å²) in [5.74, 6) is -1.25. The van der Waals surface area contributed by atoms with E-state index in [1.807, 2.05) is 37.4 Å². The lowest BCUT2D eigenvalue weighted by Crippen LogP contribution is -2.44. The smallest absolute Gasteiger partial charge is 0.328 e. The van der Waals surface area contributed by atoms with Crippen LogP contribution in [0.4, 0.5) is 4.39 Å². The SMILES string of the molecule is CC(C)c1cccc(OCC(=O)NC(CF)C(=O)O)c1. The molecule has 1 aromatic carbocycles. The molecule has 0 spiro atoms. The normalized spacial score (nSPS) is 12.0. The van der Waals surface area contributed by atoms with E-state index >= 15 is 0 Å². The lowest BCUT2D eigenvalue weighted by atomic mass is 10.0. The van der Waals surface area contributed by atoms with E-state index in [4.69, 9.17) is 9.84 Å². The fraction of sp³-hybridized carbons (Fsp3) is 0.429.